The van der Waals surface area contributed by atoms with Crippen LogP contribution < -0.4 is 0 Å². The van der Waals surface area contributed by atoms with Crippen molar-refractivity contribution in [2.45, 2.75) is 26.7 Å². The van der Waals surface area contributed by atoms with Crippen LogP contribution in [-0.2, 0) is 0 Å². The number of amides is 1. The van der Waals surface area contributed by atoms with Crippen molar-refractivity contribution in [1.29, 1.82) is 0 Å². The van der Waals surface area contributed by atoms with Gasteiger partial charge >= 0.3 is 0 Å². The second-order valence-electron chi connectivity index (χ2n) is 3.40. The molecule has 15 heavy (non-hydrogen) atoms. The normalized spacial score (nSPS) is 10.3. The summed E-state index contributed by atoms with van der Waals surface area (Å²) >= 11 is 5.76. The Labute approximate surface area is 95.0 Å². The maximum atomic E-state index is 12.0. The zero-order valence-corrected chi connectivity index (χ0v) is 9.88. The third-order valence-electron chi connectivity index (χ3n) is 2.12. The Balaban J connectivity index is 2.76. The summed E-state index contributed by atoms with van der Waals surface area (Å²) in [6, 6.07) is 1.61. The van der Waals surface area contributed by atoms with Gasteiger partial charge in [0.15, 0.2) is 0 Å². The number of carbonyl (C=O) groups excluding carboxylic acids is 1. The van der Waals surface area contributed by atoms with Gasteiger partial charge in [0.05, 0.1) is 11.8 Å². The van der Waals surface area contributed by atoms with Crippen LogP contribution in [0.15, 0.2) is 16.7 Å². The van der Waals surface area contributed by atoms with Crippen LogP contribution in [0.1, 0.15) is 37.0 Å². The highest BCUT2D eigenvalue weighted by molar-refractivity contribution is 6.32. The van der Waals surface area contributed by atoms with E-state index in [0.29, 0.717) is 5.56 Å². The predicted octanol–water partition coefficient (Wildman–Crippen LogP) is 3.20. The van der Waals surface area contributed by atoms with Gasteiger partial charge in [-0.1, -0.05) is 13.8 Å². The third kappa shape index (κ3) is 2.99. The monoisotopic (exact) mass is 229 g/mol. The van der Waals surface area contributed by atoms with E-state index in [1.54, 1.807) is 11.0 Å². The van der Waals surface area contributed by atoms with Crippen molar-refractivity contribution < 1.29 is 9.21 Å². The van der Waals surface area contributed by atoms with E-state index in [4.69, 9.17) is 16.0 Å². The SMILES string of the molecule is CCCN(CCC)C(=O)c1ccoc1Cl. The molecule has 1 aromatic rings. The summed E-state index contributed by atoms with van der Waals surface area (Å²) < 4.78 is 4.91. The van der Waals surface area contributed by atoms with Crippen LogP contribution in [0.25, 0.3) is 0 Å². The summed E-state index contributed by atoms with van der Waals surface area (Å²) in [4.78, 5) is 13.8. The fraction of sp³-hybridized carbons (Fsp3) is 0.545. The number of carbonyl (C=O) groups is 1. The quantitative estimate of drug-likeness (QED) is 0.777. The van der Waals surface area contributed by atoms with Crippen molar-refractivity contribution in [2.75, 3.05) is 13.1 Å². The molecule has 0 aromatic carbocycles. The van der Waals surface area contributed by atoms with Crippen LogP contribution in [0.2, 0.25) is 5.22 Å². The van der Waals surface area contributed by atoms with E-state index in [9.17, 15) is 4.79 Å². The molecule has 4 heteroatoms. The number of hydrogen-bond acceptors (Lipinski definition) is 2. The van der Waals surface area contributed by atoms with Gasteiger partial charge in [-0.3, -0.25) is 4.79 Å². The van der Waals surface area contributed by atoms with E-state index in [2.05, 4.69) is 0 Å². The molecule has 0 fully saturated rings. The molecule has 0 N–H and O–H groups in total. The van der Waals surface area contributed by atoms with Crippen molar-refractivity contribution in [3.05, 3.63) is 23.1 Å². The minimum atomic E-state index is -0.0440. The first-order valence-electron chi connectivity index (χ1n) is 5.23. The zero-order valence-electron chi connectivity index (χ0n) is 9.12. The molecule has 0 saturated carbocycles. The Morgan fingerprint density at radius 2 is 2.00 bits per heavy atom. The molecule has 0 atom stereocenters. The van der Waals surface area contributed by atoms with Gasteiger partial charge in [0, 0.05) is 13.1 Å². The highest BCUT2D eigenvalue weighted by Crippen LogP contribution is 2.18. The smallest absolute Gasteiger partial charge is 0.258 e. The molecule has 0 aliphatic rings. The van der Waals surface area contributed by atoms with Crippen LogP contribution >= 0.6 is 11.6 Å². The first-order chi connectivity index (χ1) is 7.20. The van der Waals surface area contributed by atoms with E-state index < -0.39 is 0 Å². The Morgan fingerprint density at radius 1 is 1.40 bits per heavy atom. The topological polar surface area (TPSA) is 33.5 Å². The number of furan rings is 1. The van der Waals surface area contributed by atoms with Crippen molar-refractivity contribution in [3.63, 3.8) is 0 Å². The van der Waals surface area contributed by atoms with Gasteiger partial charge in [-0.25, -0.2) is 0 Å². The lowest BCUT2D eigenvalue weighted by Gasteiger charge is -2.20. The first-order valence-corrected chi connectivity index (χ1v) is 5.60. The van der Waals surface area contributed by atoms with Gasteiger partial charge in [0.25, 0.3) is 5.91 Å². The average molecular weight is 230 g/mol. The molecule has 3 nitrogen and oxygen atoms in total. The number of rotatable bonds is 5. The summed E-state index contributed by atoms with van der Waals surface area (Å²) in [5.41, 5.74) is 0.457. The van der Waals surface area contributed by atoms with Gasteiger partial charge in [-0.2, -0.15) is 0 Å². The Kier molecular flexibility index (Phi) is 4.69. The van der Waals surface area contributed by atoms with Crippen molar-refractivity contribution >= 4 is 17.5 Å². The van der Waals surface area contributed by atoms with Gasteiger partial charge < -0.3 is 9.32 Å². The van der Waals surface area contributed by atoms with E-state index in [1.807, 2.05) is 13.8 Å². The summed E-state index contributed by atoms with van der Waals surface area (Å²) in [6.07, 6.45) is 3.33. The minimum absolute atomic E-state index is 0.0440. The van der Waals surface area contributed by atoms with Gasteiger partial charge in [-0.05, 0) is 30.5 Å². The van der Waals surface area contributed by atoms with Crippen LogP contribution in [-0.4, -0.2) is 23.9 Å². The van der Waals surface area contributed by atoms with Crippen LogP contribution in [0.4, 0.5) is 0 Å². The maximum absolute atomic E-state index is 12.0. The van der Waals surface area contributed by atoms with Crippen molar-refractivity contribution in [2.24, 2.45) is 0 Å². The van der Waals surface area contributed by atoms with Gasteiger partial charge in [0.2, 0.25) is 5.22 Å². The van der Waals surface area contributed by atoms with Crippen molar-refractivity contribution in [1.82, 2.24) is 4.90 Å². The van der Waals surface area contributed by atoms with E-state index in [1.165, 1.54) is 6.26 Å². The molecule has 0 radical (unpaired) electrons. The minimum Gasteiger partial charge on any atom is -0.452 e. The fourth-order valence-electron chi connectivity index (χ4n) is 1.47. The molecule has 1 amide bonds. The molecule has 0 bridgehead atoms. The lowest BCUT2D eigenvalue weighted by molar-refractivity contribution is 0.0755. The highest BCUT2D eigenvalue weighted by Gasteiger charge is 2.18. The molecule has 84 valence electrons. The molecular weight excluding hydrogens is 214 g/mol. The van der Waals surface area contributed by atoms with Crippen LogP contribution in [0.5, 0.6) is 0 Å². The summed E-state index contributed by atoms with van der Waals surface area (Å²) in [6.45, 7) is 5.61. The third-order valence-corrected chi connectivity index (χ3v) is 2.42. The van der Waals surface area contributed by atoms with E-state index in [0.717, 1.165) is 25.9 Å². The Morgan fingerprint density at radius 3 is 2.40 bits per heavy atom. The Hall–Kier alpha value is -0.960. The average Bonchev–Trinajstić information content (AvgIpc) is 2.63. The standard InChI is InChI=1S/C11H16ClNO2/c1-3-6-13(7-4-2)11(14)9-5-8-15-10(9)12/h5,8H,3-4,6-7H2,1-2H3. The van der Waals surface area contributed by atoms with Crippen LogP contribution in [0, 0.1) is 0 Å². The lowest BCUT2D eigenvalue weighted by atomic mass is 10.2. The number of halogens is 1. The number of nitrogens with zero attached hydrogens (tertiary/aromatic N) is 1. The van der Waals surface area contributed by atoms with Crippen LogP contribution in [0.3, 0.4) is 0 Å². The molecule has 0 unspecified atom stereocenters. The summed E-state index contributed by atoms with van der Waals surface area (Å²) in [7, 11) is 0. The Bertz CT molecular complexity index is 316. The molecule has 0 aliphatic carbocycles. The van der Waals surface area contributed by atoms with Gasteiger partial charge in [-0.15, -0.1) is 0 Å². The second kappa shape index (κ2) is 5.81. The maximum Gasteiger partial charge on any atom is 0.258 e. The molecule has 1 aromatic heterocycles. The van der Waals surface area contributed by atoms with Crippen molar-refractivity contribution in [3.8, 4) is 0 Å². The highest BCUT2D eigenvalue weighted by atomic mass is 35.5. The summed E-state index contributed by atoms with van der Waals surface area (Å²) in [5.74, 6) is -0.0440. The number of hydrogen-bond donors (Lipinski definition) is 0. The molecular formula is C11H16ClNO2. The largest absolute Gasteiger partial charge is 0.452 e. The molecule has 0 aliphatic heterocycles. The fourth-order valence-corrected chi connectivity index (χ4v) is 1.67. The second-order valence-corrected chi connectivity index (χ2v) is 3.74. The van der Waals surface area contributed by atoms with E-state index >= 15 is 0 Å². The zero-order chi connectivity index (χ0) is 11.3. The molecule has 0 saturated heterocycles. The first kappa shape index (κ1) is 12.1. The molecule has 1 rings (SSSR count). The predicted molar refractivity (Wildman–Crippen MR) is 60.2 cm³/mol. The molecule has 0 spiro atoms. The van der Waals surface area contributed by atoms with E-state index in [-0.39, 0.29) is 11.1 Å². The summed E-state index contributed by atoms with van der Waals surface area (Å²) in [5, 5.41) is 0.178. The molecule has 1 heterocycles. The lowest BCUT2D eigenvalue weighted by Crippen LogP contribution is -2.32. The van der Waals surface area contributed by atoms with Gasteiger partial charge in [0.1, 0.15) is 0 Å².